The average Bonchev–Trinajstić information content (AvgIpc) is 1.44. The molecule has 12 rings (SSSR count). The van der Waals surface area contributed by atoms with Crippen LogP contribution in [0.3, 0.4) is 0 Å². The Morgan fingerprint density at radius 2 is 0.760 bits per heavy atom. The number of hydrogen-bond donors (Lipinski definition) is 0. The molecule has 4 aliphatic heterocycles. The molecule has 21 nitrogen and oxygen atoms in total. The van der Waals surface area contributed by atoms with Gasteiger partial charge in [-0.25, -0.2) is 0 Å². The predicted molar refractivity (Wildman–Crippen MR) is 365 cm³/mol. The average molecular weight is 1360 g/mol. The van der Waals surface area contributed by atoms with Gasteiger partial charge in [0.05, 0.1) is 83.3 Å². The van der Waals surface area contributed by atoms with Gasteiger partial charge in [-0.1, -0.05) is 230 Å². The van der Waals surface area contributed by atoms with Gasteiger partial charge in [0.2, 0.25) is 0 Å². The molecule has 0 aromatic heterocycles. The minimum absolute atomic E-state index is 0.0181. The number of ether oxygens (including phenoxy) is 14. The molecule has 0 spiro atoms. The van der Waals surface area contributed by atoms with Crippen LogP contribution in [0.5, 0.6) is 0 Å². The summed E-state index contributed by atoms with van der Waals surface area (Å²) in [4.78, 5) is 48.0. The first-order valence-corrected chi connectivity index (χ1v) is 33.7. The van der Waals surface area contributed by atoms with E-state index < -0.39 is 110 Å². The number of amides is 2. The van der Waals surface area contributed by atoms with Gasteiger partial charge in [0, 0.05) is 18.4 Å². The van der Waals surface area contributed by atoms with Crippen LogP contribution in [-0.4, -0.2) is 141 Å². The number of imide groups is 1. The summed E-state index contributed by atoms with van der Waals surface area (Å²) in [6.07, 6.45) is -17.1. The lowest BCUT2D eigenvalue weighted by Gasteiger charge is -2.52. The molecule has 520 valence electrons. The normalized spacial score (nSPS) is 25.8. The fourth-order valence-corrected chi connectivity index (χ4v) is 12.9. The second kappa shape index (κ2) is 36.0. The zero-order valence-electron chi connectivity index (χ0n) is 55.7. The quantitative estimate of drug-likeness (QED) is 0.00929. The van der Waals surface area contributed by atoms with Crippen LogP contribution in [0, 0.1) is 0 Å². The van der Waals surface area contributed by atoms with E-state index in [1.54, 1.807) is 12.1 Å². The molecular weight excluding hydrogens is 1280 g/mol. The van der Waals surface area contributed by atoms with Crippen molar-refractivity contribution in [2.24, 2.45) is 5.11 Å². The summed E-state index contributed by atoms with van der Waals surface area (Å²) in [5.74, 6) is -2.24. The lowest BCUT2D eigenvalue weighted by Crippen LogP contribution is -2.70. The molecule has 8 aromatic carbocycles. The Kier molecular flexibility index (Phi) is 25.5. The maximum Gasteiger partial charge on any atom is 0.303 e. The van der Waals surface area contributed by atoms with Crippen molar-refractivity contribution in [1.82, 2.24) is 4.90 Å². The van der Waals surface area contributed by atoms with E-state index in [-0.39, 0.29) is 83.7 Å². The van der Waals surface area contributed by atoms with Crippen LogP contribution in [0.2, 0.25) is 0 Å². The number of esters is 1. The Morgan fingerprint density at radius 1 is 0.410 bits per heavy atom. The van der Waals surface area contributed by atoms with Gasteiger partial charge in [0.1, 0.15) is 61.0 Å². The molecule has 8 aromatic rings. The van der Waals surface area contributed by atoms with Crippen LogP contribution < -0.4 is 0 Å². The van der Waals surface area contributed by atoms with Crippen molar-refractivity contribution < 1.29 is 80.7 Å². The third kappa shape index (κ3) is 18.6. The molecule has 4 aliphatic rings. The van der Waals surface area contributed by atoms with Gasteiger partial charge in [-0.3, -0.25) is 19.3 Å². The largest absolute Gasteiger partial charge is 0.457 e. The van der Waals surface area contributed by atoms with Crippen LogP contribution >= 0.6 is 0 Å². The van der Waals surface area contributed by atoms with Gasteiger partial charge in [0.25, 0.3) is 11.8 Å². The van der Waals surface area contributed by atoms with Crippen molar-refractivity contribution in [3.05, 3.63) is 297 Å². The van der Waals surface area contributed by atoms with E-state index in [0.29, 0.717) is 0 Å². The first-order valence-electron chi connectivity index (χ1n) is 33.7. The van der Waals surface area contributed by atoms with Crippen LogP contribution in [0.15, 0.2) is 242 Å². The Bertz CT molecular complexity index is 3840. The molecule has 0 radical (unpaired) electrons. The van der Waals surface area contributed by atoms with E-state index >= 15 is 0 Å². The Balaban J connectivity index is 1.01. The SMILES string of the molecule is CC(=O)O[C@H]1[C@H](O[C@@H]2O[C@H](COCc3ccccc3)[C@H](OCc3ccccc3)[C@H](OCc3ccccc3)[C@H]2O[C@@H]2O[C@@H](C)[C@H](OCc3ccccc3)[C@@H](OCc3ccccc3)[C@H]2OCc2ccccc2)[C@@H](COCc2ccccc2)O[C@@H](OCCN=[N+]=[N-])[C@@H]1N1C(=O)c2ccccc2C1=O. The molecular formula is C79H82N4O17. The smallest absolute Gasteiger partial charge is 0.303 e. The van der Waals surface area contributed by atoms with Crippen molar-refractivity contribution in [1.29, 1.82) is 0 Å². The van der Waals surface area contributed by atoms with Crippen LogP contribution in [0.1, 0.15) is 73.5 Å². The van der Waals surface area contributed by atoms with Crippen LogP contribution in [0.25, 0.3) is 10.4 Å². The highest BCUT2D eigenvalue weighted by Gasteiger charge is 2.60. The fraction of sp³-hybridized carbons (Fsp3) is 0.354. The summed E-state index contributed by atoms with van der Waals surface area (Å²) < 4.78 is 98.8. The van der Waals surface area contributed by atoms with Crippen molar-refractivity contribution in [2.45, 2.75) is 152 Å². The zero-order valence-corrected chi connectivity index (χ0v) is 55.7. The monoisotopic (exact) mass is 1360 g/mol. The number of azide groups is 1. The van der Waals surface area contributed by atoms with Gasteiger partial charge < -0.3 is 66.3 Å². The minimum atomic E-state index is -1.62. The van der Waals surface area contributed by atoms with Crippen LogP contribution in [0.4, 0.5) is 0 Å². The summed E-state index contributed by atoms with van der Waals surface area (Å²) in [5.41, 5.74) is 15.6. The molecule has 0 N–H and O–H groups in total. The second-order valence-electron chi connectivity index (χ2n) is 24.7. The van der Waals surface area contributed by atoms with E-state index in [4.69, 9.17) is 66.3 Å². The first kappa shape index (κ1) is 71.0. The standard InChI is InChI=1S/C79H82N4O17/c1-53-67(90-46-57-30-14-5-15-31-57)71(92-48-59-34-18-7-19-35-59)73(94-50-61-38-22-9-23-39-61)78(95-53)100-74-72(93-49-60-36-20-8-21-37-60)68(91-47-58-32-16-6-17-33-58)64(51-87-44-55-26-10-3-11-27-55)98-79(74)99-69-65(52-88-45-56-28-12-4-13-29-56)97-77(89-43-42-81-82-80)66(70(69)96-54(2)84)83-75(85)62-40-24-25-41-63(62)76(83)86/h3-41,53,64-74,77-79H,42-52H2,1-2H3/t53-,64+,65+,66+,67-,68-,69+,70+,71+,72-,73+,74+,77+,78-,79-/m0/s1. The first-order chi connectivity index (χ1) is 49.1. The van der Waals surface area contributed by atoms with Gasteiger partial charge in [-0.05, 0) is 63.5 Å². The number of carbonyl (C=O) groups is 3. The number of nitrogens with zero attached hydrogens (tertiary/aromatic N) is 4. The van der Waals surface area contributed by atoms with Gasteiger partial charge >= 0.3 is 5.97 Å². The van der Waals surface area contributed by atoms with Gasteiger partial charge in [-0.2, -0.15) is 0 Å². The molecule has 0 aliphatic carbocycles. The second-order valence-corrected chi connectivity index (χ2v) is 24.7. The number of fused-ring (bicyclic) bond motifs is 1. The maximum atomic E-state index is 15.0. The number of carbonyl (C=O) groups excluding carboxylic acids is 3. The van der Waals surface area contributed by atoms with E-state index in [2.05, 4.69) is 10.0 Å². The molecule has 3 fully saturated rings. The summed E-state index contributed by atoms with van der Waals surface area (Å²) in [6, 6.07) is 72.6. The molecule has 100 heavy (non-hydrogen) atoms. The van der Waals surface area contributed by atoms with Gasteiger partial charge in [-0.15, -0.1) is 0 Å². The Labute approximate surface area is 581 Å². The summed E-state index contributed by atoms with van der Waals surface area (Å²) >= 11 is 0. The molecule has 21 heteroatoms. The lowest BCUT2D eigenvalue weighted by molar-refractivity contribution is -0.395. The highest BCUT2D eigenvalue weighted by molar-refractivity contribution is 6.21. The third-order valence-corrected chi connectivity index (χ3v) is 17.7. The molecule has 4 heterocycles. The van der Waals surface area contributed by atoms with Crippen molar-refractivity contribution >= 4 is 17.8 Å². The number of benzene rings is 8. The van der Waals surface area contributed by atoms with Crippen molar-refractivity contribution in [2.75, 3.05) is 26.4 Å². The fourth-order valence-electron chi connectivity index (χ4n) is 12.9. The Morgan fingerprint density at radius 3 is 1.19 bits per heavy atom. The zero-order chi connectivity index (χ0) is 68.8. The van der Waals surface area contributed by atoms with Crippen LogP contribution in [-0.2, 0) is 117 Å². The molecule has 0 bridgehead atoms. The third-order valence-electron chi connectivity index (χ3n) is 17.7. The highest BCUT2D eigenvalue weighted by Crippen LogP contribution is 2.41. The number of rotatable bonds is 33. The van der Waals surface area contributed by atoms with Crippen molar-refractivity contribution in [3.63, 3.8) is 0 Å². The van der Waals surface area contributed by atoms with Crippen molar-refractivity contribution in [3.8, 4) is 0 Å². The minimum Gasteiger partial charge on any atom is -0.457 e. The maximum absolute atomic E-state index is 15.0. The number of hydrogen-bond acceptors (Lipinski definition) is 18. The topological polar surface area (TPSA) is 232 Å². The predicted octanol–water partition coefficient (Wildman–Crippen LogP) is 12.2. The van der Waals surface area contributed by atoms with E-state index in [0.717, 1.165) is 43.8 Å². The lowest BCUT2D eigenvalue weighted by atomic mass is 9.93. The molecule has 0 unspecified atom stereocenters. The Hall–Kier alpha value is -8.84. The summed E-state index contributed by atoms with van der Waals surface area (Å²) in [7, 11) is 0. The van der Waals surface area contributed by atoms with Gasteiger partial charge in [0.15, 0.2) is 25.0 Å². The molecule has 2 amide bonds. The molecule has 0 saturated carbocycles. The molecule has 15 atom stereocenters. The van der Waals surface area contributed by atoms with E-state index in [1.807, 2.05) is 219 Å². The molecule has 3 saturated heterocycles. The highest BCUT2D eigenvalue weighted by atomic mass is 16.8. The van der Waals surface area contributed by atoms with E-state index in [1.165, 1.54) is 19.1 Å². The van der Waals surface area contributed by atoms with E-state index in [9.17, 15) is 19.9 Å². The summed E-state index contributed by atoms with van der Waals surface area (Å²) in [5, 5.41) is 3.69. The summed E-state index contributed by atoms with van der Waals surface area (Å²) in [6.45, 7) is 3.13.